The van der Waals surface area contributed by atoms with Gasteiger partial charge in [-0.3, -0.25) is 30.3 Å². The Balaban J connectivity index is 2.18. The van der Waals surface area contributed by atoms with Crippen LogP contribution in [0.5, 0.6) is 0 Å². The molecular weight excluding hydrogens is 398 g/mol. The number of non-ortho nitro benzene ring substituents is 3. The van der Waals surface area contributed by atoms with Crippen LogP contribution in [0.1, 0.15) is 0 Å². The average molecular weight is 411 g/mol. The summed E-state index contributed by atoms with van der Waals surface area (Å²) in [5, 5.41) is 34.0. The number of nitro groups is 3. The second kappa shape index (κ2) is 7.57. The highest BCUT2D eigenvalue weighted by atomic mass is 28.4. The van der Waals surface area contributed by atoms with Gasteiger partial charge in [0.15, 0.2) is 0 Å². The van der Waals surface area contributed by atoms with Crippen molar-refractivity contribution in [2.45, 2.75) is 0 Å². The summed E-state index contributed by atoms with van der Waals surface area (Å²) in [6, 6.07) is 16.1. The zero-order valence-electron chi connectivity index (χ0n) is 14.7. The van der Waals surface area contributed by atoms with Crippen LogP contribution in [-0.2, 0) is 0 Å². The van der Waals surface area contributed by atoms with Crippen molar-refractivity contribution < 1.29 is 19.6 Å². The highest BCUT2D eigenvalue weighted by Gasteiger charge is 2.39. The van der Waals surface area contributed by atoms with Crippen molar-refractivity contribution in [3.05, 3.63) is 103 Å². The molecule has 0 bridgehead atoms. The lowest BCUT2D eigenvalue weighted by molar-refractivity contribution is -0.385. The third-order valence-corrected chi connectivity index (χ3v) is 7.99. The molecule has 0 unspecified atom stereocenters. The lowest BCUT2D eigenvalue weighted by atomic mass is 10.3. The smallest absolute Gasteiger partial charge is 0.285 e. The molecule has 10 nitrogen and oxygen atoms in total. The quantitative estimate of drug-likeness (QED) is 0.278. The van der Waals surface area contributed by atoms with Crippen molar-refractivity contribution >= 4 is 40.9 Å². The van der Waals surface area contributed by atoms with Crippen LogP contribution in [0.2, 0.25) is 0 Å². The van der Waals surface area contributed by atoms with Crippen molar-refractivity contribution in [2.75, 3.05) is 0 Å². The van der Waals surface area contributed by atoms with E-state index in [2.05, 4.69) is 0 Å². The van der Waals surface area contributed by atoms with Gasteiger partial charge in [-0.25, -0.2) is 0 Å². The monoisotopic (exact) mass is 411 g/mol. The first kappa shape index (κ1) is 19.8. The molecule has 11 heteroatoms. The molecule has 3 aromatic rings. The van der Waals surface area contributed by atoms with Crippen LogP contribution < -0.4 is 15.6 Å². The van der Waals surface area contributed by atoms with E-state index >= 15 is 0 Å². The Morgan fingerprint density at radius 1 is 0.517 bits per heavy atom. The molecule has 146 valence electrons. The van der Waals surface area contributed by atoms with Crippen molar-refractivity contribution in [3.8, 4) is 0 Å². The first-order valence-corrected chi connectivity index (χ1v) is 10.2. The third-order valence-electron chi connectivity index (χ3n) is 4.49. The number of nitro benzene ring substituents is 3. The van der Waals surface area contributed by atoms with Gasteiger partial charge in [0.05, 0.1) is 14.8 Å². The van der Waals surface area contributed by atoms with Gasteiger partial charge in [0.2, 0.25) is 0 Å². The van der Waals surface area contributed by atoms with E-state index in [-0.39, 0.29) is 17.1 Å². The van der Waals surface area contributed by atoms with Crippen LogP contribution in [0.15, 0.2) is 72.8 Å². The Labute approximate surface area is 164 Å². The normalized spacial score (nSPS) is 11.1. The van der Waals surface area contributed by atoms with E-state index in [0.29, 0.717) is 15.6 Å². The summed E-state index contributed by atoms with van der Waals surface area (Å²) in [5.41, 5.74) is -0.465. The molecule has 0 heterocycles. The molecule has 0 aliphatic rings. The van der Waals surface area contributed by atoms with Gasteiger partial charge >= 0.3 is 0 Å². The highest BCUT2D eigenvalue weighted by Crippen LogP contribution is 2.15. The molecule has 0 aliphatic carbocycles. The van der Waals surface area contributed by atoms with E-state index in [4.69, 9.17) is 0 Å². The SMILES string of the molecule is O=[N+]([O-])c1ccc([Si](O)(c2ccc([N+](=O)[O-])cc2)c2ccc([N+](=O)[O-])cc2)cc1. The number of hydrogen-bond donors (Lipinski definition) is 1. The first-order valence-electron chi connectivity index (χ1n) is 8.20. The minimum atomic E-state index is -3.72. The second-order valence-electron chi connectivity index (χ2n) is 6.12. The molecule has 0 radical (unpaired) electrons. The maximum absolute atomic E-state index is 11.7. The van der Waals surface area contributed by atoms with Crippen molar-refractivity contribution in [3.63, 3.8) is 0 Å². The molecule has 0 aromatic heterocycles. The fraction of sp³-hybridized carbons (Fsp3) is 0. The molecule has 0 saturated heterocycles. The molecule has 0 amide bonds. The minimum absolute atomic E-state index is 0.155. The van der Waals surface area contributed by atoms with E-state index < -0.39 is 23.1 Å². The van der Waals surface area contributed by atoms with Crippen molar-refractivity contribution in [1.82, 2.24) is 0 Å². The van der Waals surface area contributed by atoms with Crippen LogP contribution in [-0.4, -0.2) is 27.9 Å². The molecule has 29 heavy (non-hydrogen) atoms. The van der Waals surface area contributed by atoms with E-state index in [1.54, 1.807) is 0 Å². The van der Waals surface area contributed by atoms with Gasteiger partial charge in [-0.1, -0.05) is 36.4 Å². The molecular formula is C18H13N3O7Si. The molecule has 1 N–H and O–H groups in total. The molecule has 0 atom stereocenters. The van der Waals surface area contributed by atoms with Crippen LogP contribution >= 0.6 is 0 Å². The standard InChI is InChI=1S/C18H13N3O7Si/c22-19(23)13-1-7-16(8-2-13)29(28,17-9-3-14(4-10-17)20(24)25)18-11-5-15(6-12-18)21(26)27/h1-12,28H. The summed E-state index contributed by atoms with van der Waals surface area (Å²) in [7, 11) is -3.72. The predicted octanol–water partition coefficient (Wildman–Crippen LogP) is 1.37. The number of nitrogens with zero attached hydrogens (tertiary/aromatic N) is 3. The Morgan fingerprint density at radius 2 is 0.724 bits per heavy atom. The van der Waals surface area contributed by atoms with Gasteiger partial charge in [0.1, 0.15) is 0 Å². The second-order valence-corrected chi connectivity index (χ2v) is 9.28. The van der Waals surface area contributed by atoms with Gasteiger partial charge < -0.3 is 4.80 Å². The molecule has 0 saturated carbocycles. The average Bonchev–Trinajstić information content (AvgIpc) is 2.73. The molecule has 0 spiro atoms. The summed E-state index contributed by atoms with van der Waals surface area (Å²) in [5.74, 6) is 0. The van der Waals surface area contributed by atoms with Gasteiger partial charge in [0, 0.05) is 36.4 Å². The van der Waals surface area contributed by atoms with Gasteiger partial charge in [0.25, 0.3) is 25.4 Å². The van der Waals surface area contributed by atoms with E-state index in [1.807, 2.05) is 0 Å². The fourth-order valence-electron chi connectivity index (χ4n) is 2.97. The van der Waals surface area contributed by atoms with Crippen LogP contribution in [0.3, 0.4) is 0 Å². The maximum Gasteiger partial charge on any atom is 0.285 e. The van der Waals surface area contributed by atoms with E-state index in [1.165, 1.54) is 72.8 Å². The largest absolute Gasteiger partial charge is 0.421 e. The topological polar surface area (TPSA) is 150 Å². The van der Waals surface area contributed by atoms with Crippen LogP contribution in [0.4, 0.5) is 17.1 Å². The Kier molecular flexibility index (Phi) is 5.17. The Hall–Kier alpha value is -3.96. The van der Waals surface area contributed by atoms with E-state index in [0.717, 1.165) is 0 Å². The third kappa shape index (κ3) is 3.72. The van der Waals surface area contributed by atoms with E-state index in [9.17, 15) is 35.1 Å². The van der Waals surface area contributed by atoms with Crippen molar-refractivity contribution in [2.24, 2.45) is 0 Å². The zero-order chi connectivity index (χ0) is 21.2. The molecule has 0 aliphatic heterocycles. The minimum Gasteiger partial charge on any atom is -0.421 e. The number of benzene rings is 3. The summed E-state index contributed by atoms with van der Waals surface area (Å²) in [6.45, 7) is 0. The zero-order valence-corrected chi connectivity index (χ0v) is 15.7. The van der Waals surface area contributed by atoms with Gasteiger partial charge in [-0.05, 0) is 15.6 Å². The summed E-state index contributed by atoms with van der Waals surface area (Å²) in [6.07, 6.45) is 0. The molecule has 3 rings (SSSR count). The Morgan fingerprint density at radius 3 is 0.897 bits per heavy atom. The molecule has 0 fully saturated rings. The summed E-state index contributed by atoms with van der Waals surface area (Å²) >= 11 is 0. The van der Waals surface area contributed by atoms with Crippen LogP contribution in [0.25, 0.3) is 0 Å². The highest BCUT2D eigenvalue weighted by molar-refractivity contribution is 7.06. The fourth-order valence-corrected chi connectivity index (χ4v) is 5.92. The Bertz CT molecular complexity index is 944. The number of hydrogen-bond acceptors (Lipinski definition) is 7. The first-order chi connectivity index (χ1) is 13.7. The summed E-state index contributed by atoms with van der Waals surface area (Å²) < 4.78 is 0. The van der Waals surface area contributed by atoms with Gasteiger partial charge in [-0.15, -0.1) is 0 Å². The maximum atomic E-state index is 11.7. The predicted molar refractivity (Wildman–Crippen MR) is 106 cm³/mol. The lowest BCUT2D eigenvalue weighted by Gasteiger charge is -2.26. The molecule has 3 aromatic carbocycles. The van der Waals surface area contributed by atoms with Crippen molar-refractivity contribution in [1.29, 1.82) is 0 Å². The number of rotatable bonds is 6. The van der Waals surface area contributed by atoms with Gasteiger partial charge in [-0.2, -0.15) is 0 Å². The lowest BCUT2D eigenvalue weighted by Crippen LogP contribution is -2.67. The van der Waals surface area contributed by atoms with Crippen LogP contribution in [0, 0.1) is 30.3 Å². The summed E-state index contributed by atoms with van der Waals surface area (Å²) in [4.78, 5) is 42.8.